The van der Waals surface area contributed by atoms with Gasteiger partial charge >= 0.3 is 0 Å². The van der Waals surface area contributed by atoms with Crippen LogP contribution in [0.25, 0.3) is 0 Å². The van der Waals surface area contributed by atoms with Crippen LogP contribution in [0, 0.1) is 3.57 Å². The van der Waals surface area contributed by atoms with Crippen molar-refractivity contribution in [3.8, 4) is 0 Å². The molecule has 1 N–H and O–H groups in total. The molecule has 16 heavy (non-hydrogen) atoms. The lowest BCUT2D eigenvalue weighted by Crippen LogP contribution is -2.05. The van der Waals surface area contributed by atoms with Crippen LogP contribution in [0.2, 0.25) is 0 Å². The van der Waals surface area contributed by atoms with Crippen LogP contribution in [-0.2, 0) is 0 Å². The van der Waals surface area contributed by atoms with E-state index in [9.17, 15) is 0 Å². The Morgan fingerprint density at radius 3 is 2.19 bits per heavy atom. The molecule has 0 bridgehead atoms. The van der Waals surface area contributed by atoms with E-state index in [2.05, 4.69) is 27.7 Å². The van der Waals surface area contributed by atoms with Gasteiger partial charge in [0.15, 0.2) is 0 Å². The smallest absolute Gasteiger partial charge is 0.118 e. The molecule has 0 aliphatic heterocycles. The molecular weight excluding hydrogens is 313 g/mol. The minimum atomic E-state index is 0.602. The van der Waals surface area contributed by atoms with Crippen molar-refractivity contribution in [1.82, 2.24) is 0 Å². The molecule has 0 atom stereocenters. The molecule has 0 radical (unpaired) electrons. The number of oxime groups is 1. The summed E-state index contributed by atoms with van der Waals surface area (Å²) in [5.74, 6) is 0. The Kier molecular flexibility index (Phi) is 3.56. The molecule has 0 saturated carbocycles. The van der Waals surface area contributed by atoms with E-state index in [1.165, 1.54) is 0 Å². The van der Waals surface area contributed by atoms with Crippen molar-refractivity contribution in [3.63, 3.8) is 0 Å². The Bertz CT molecular complexity index is 508. The summed E-state index contributed by atoms with van der Waals surface area (Å²) in [7, 11) is 0. The number of hydrogen-bond acceptors (Lipinski definition) is 2. The Balaban J connectivity index is 2.51. The number of rotatable bonds is 2. The minimum Gasteiger partial charge on any atom is -0.410 e. The van der Waals surface area contributed by atoms with Crippen LogP contribution in [-0.4, -0.2) is 10.9 Å². The van der Waals surface area contributed by atoms with Crippen molar-refractivity contribution in [2.45, 2.75) is 0 Å². The van der Waals surface area contributed by atoms with Gasteiger partial charge in [0.05, 0.1) is 0 Å². The molecular formula is C13H10INO. The number of nitrogens with zero attached hydrogens (tertiary/aromatic N) is 1. The molecule has 80 valence electrons. The van der Waals surface area contributed by atoms with Gasteiger partial charge in [-0.15, -0.1) is 0 Å². The average molecular weight is 323 g/mol. The van der Waals surface area contributed by atoms with Gasteiger partial charge in [-0.05, 0) is 28.7 Å². The summed E-state index contributed by atoms with van der Waals surface area (Å²) < 4.78 is 1.07. The van der Waals surface area contributed by atoms with Crippen molar-refractivity contribution < 1.29 is 5.21 Å². The number of hydrogen-bond donors (Lipinski definition) is 1. The van der Waals surface area contributed by atoms with Crippen molar-refractivity contribution in [2.75, 3.05) is 0 Å². The van der Waals surface area contributed by atoms with E-state index in [4.69, 9.17) is 5.21 Å². The van der Waals surface area contributed by atoms with Gasteiger partial charge in [0.25, 0.3) is 0 Å². The van der Waals surface area contributed by atoms with Gasteiger partial charge in [0.2, 0.25) is 0 Å². The third-order valence-electron chi connectivity index (χ3n) is 2.28. The maximum atomic E-state index is 9.14. The molecule has 0 aliphatic carbocycles. The van der Waals surface area contributed by atoms with Gasteiger partial charge in [0.1, 0.15) is 5.71 Å². The molecule has 0 spiro atoms. The molecule has 2 aromatic carbocycles. The summed E-state index contributed by atoms with van der Waals surface area (Å²) in [6.07, 6.45) is 0. The summed E-state index contributed by atoms with van der Waals surface area (Å²) in [4.78, 5) is 0. The van der Waals surface area contributed by atoms with Crippen molar-refractivity contribution in [2.24, 2.45) is 5.16 Å². The van der Waals surface area contributed by atoms with E-state index in [0.717, 1.165) is 14.7 Å². The minimum absolute atomic E-state index is 0.602. The summed E-state index contributed by atoms with van der Waals surface area (Å²) >= 11 is 2.23. The Morgan fingerprint density at radius 1 is 0.938 bits per heavy atom. The zero-order valence-electron chi connectivity index (χ0n) is 8.47. The van der Waals surface area contributed by atoms with Gasteiger partial charge in [0, 0.05) is 14.7 Å². The van der Waals surface area contributed by atoms with Crippen LogP contribution in [0.1, 0.15) is 11.1 Å². The second-order valence-electron chi connectivity index (χ2n) is 3.29. The fourth-order valence-corrected chi connectivity index (χ4v) is 2.16. The topological polar surface area (TPSA) is 32.6 Å². The van der Waals surface area contributed by atoms with Gasteiger partial charge in [-0.25, -0.2) is 0 Å². The SMILES string of the molecule is O/N=C(/c1ccccc1)c1ccccc1I. The molecule has 0 heterocycles. The van der Waals surface area contributed by atoms with Crippen LogP contribution in [0.15, 0.2) is 59.8 Å². The molecule has 2 rings (SSSR count). The molecule has 0 unspecified atom stereocenters. The second-order valence-corrected chi connectivity index (χ2v) is 4.46. The van der Waals surface area contributed by atoms with E-state index in [0.29, 0.717) is 5.71 Å². The lowest BCUT2D eigenvalue weighted by molar-refractivity contribution is 0.319. The van der Waals surface area contributed by atoms with Crippen molar-refractivity contribution in [3.05, 3.63) is 69.3 Å². The van der Waals surface area contributed by atoms with Gasteiger partial charge in [-0.1, -0.05) is 53.7 Å². The lowest BCUT2D eigenvalue weighted by Gasteiger charge is -2.06. The molecule has 3 heteroatoms. The number of halogens is 1. The first-order chi connectivity index (χ1) is 7.83. The molecule has 0 fully saturated rings. The highest BCUT2D eigenvalue weighted by Gasteiger charge is 2.09. The lowest BCUT2D eigenvalue weighted by atomic mass is 10.0. The third kappa shape index (κ3) is 2.24. The quantitative estimate of drug-likeness (QED) is 0.390. The van der Waals surface area contributed by atoms with Gasteiger partial charge in [-0.3, -0.25) is 0 Å². The second kappa shape index (κ2) is 5.12. The summed E-state index contributed by atoms with van der Waals surface area (Å²) in [6.45, 7) is 0. The zero-order valence-corrected chi connectivity index (χ0v) is 10.6. The molecule has 2 aromatic rings. The van der Waals surface area contributed by atoms with Crippen LogP contribution >= 0.6 is 22.6 Å². The maximum Gasteiger partial charge on any atom is 0.118 e. The summed E-state index contributed by atoms with van der Waals surface area (Å²) in [6, 6.07) is 17.5. The largest absolute Gasteiger partial charge is 0.410 e. The highest BCUT2D eigenvalue weighted by molar-refractivity contribution is 14.1. The molecule has 0 saturated heterocycles. The molecule has 0 amide bonds. The fourth-order valence-electron chi connectivity index (χ4n) is 1.52. The monoisotopic (exact) mass is 323 g/mol. The van der Waals surface area contributed by atoms with Crippen LogP contribution in [0.3, 0.4) is 0 Å². The van der Waals surface area contributed by atoms with E-state index in [-0.39, 0.29) is 0 Å². The average Bonchev–Trinajstić information content (AvgIpc) is 2.34. The predicted octanol–water partition coefficient (Wildman–Crippen LogP) is 3.52. The maximum absolute atomic E-state index is 9.14. The Hall–Kier alpha value is -1.36. The predicted molar refractivity (Wildman–Crippen MR) is 73.0 cm³/mol. The standard InChI is InChI=1S/C13H10INO/c14-12-9-5-4-8-11(12)13(15-16)10-6-2-1-3-7-10/h1-9,16H/b15-13-. The normalized spacial score (nSPS) is 11.4. The Morgan fingerprint density at radius 2 is 1.56 bits per heavy atom. The zero-order chi connectivity index (χ0) is 11.4. The summed E-state index contributed by atoms with van der Waals surface area (Å²) in [5, 5.41) is 12.5. The van der Waals surface area contributed by atoms with E-state index in [1.807, 2.05) is 54.6 Å². The highest BCUT2D eigenvalue weighted by atomic mass is 127. The van der Waals surface area contributed by atoms with Gasteiger partial charge in [-0.2, -0.15) is 0 Å². The third-order valence-corrected chi connectivity index (χ3v) is 3.22. The van der Waals surface area contributed by atoms with Crippen molar-refractivity contribution >= 4 is 28.3 Å². The fraction of sp³-hybridized carbons (Fsp3) is 0. The summed E-state index contributed by atoms with van der Waals surface area (Å²) in [5.41, 5.74) is 2.46. The first-order valence-corrected chi connectivity index (χ1v) is 5.93. The highest BCUT2D eigenvalue weighted by Crippen LogP contribution is 2.16. The molecule has 0 aromatic heterocycles. The number of benzene rings is 2. The first-order valence-electron chi connectivity index (χ1n) is 4.85. The molecule has 2 nitrogen and oxygen atoms in total. The van der Waals surface area contributed by atoms with E-state index >= 15 is 0 Å². The van der Waals surface area contributed by atoms with Gasteiger partial charge < -0.3 is 5.21 Å². The van der Waals surface area contributed by atoms with E-state index in [1.54, 1.807) is 0 Å². The van der Waals surface area contributed by atoms with E-state index < -0.39 is 0 Å². The van der Waals surface area contributed by atoms with Crippen molar-refractivity contribution in [1.29, 1.82) is 0 Å². The van der Waals surface area contributed by atoms with Crippen LogP contribution in [0.4, 0.5) is 0 Å². The van der Waals surface area contributed by atoms with Crippen LogP contribution in [0.5, 0.6) is 0 Å². The Labute approximate surface area is 108 Å². The molecule has 0 aliphatic rings. The first kappa shape index (κ1) is 11.1. The van der Waals surface area contributed by atoms with Crippen LogP contribution < -0.4 is 0 Å².